The molecule has 112 valence electrons. The first-order valence-electron chi connectivity index (χ1n) is 6.49. The van der Waals surface area contributed by atoms with Gasteiger partial charge in [-0.25, -0.2) is 18.4 Å². The van der Waals surface area contributed by atoms with Gasteiger partial charge in [0.05, 0.1) is 6.42 Å². The Labute approximate surface area is 119 Å². The molecule has 7 heteroatoms. The standard InChI is InChI=1S/C13H20N2O4S/c1-5-10-9(7-12(16)17)11(6-2)15-13(14-10)8(3)20(4,18)19/h8H,5-7H2,1-4H3,(H,16,17). The molecule has 1 rings (SSSR count). The highest BCUT2D eigenvalue weighted by atomic mass is 32.2. The first-order valence-corrected chi connectivity index (χ1v) is 8.45. The molecule has 0 saturated heterocycles. The zero-order valence-electron chi connectivity index (χ0n) is 12.2. The minimum Gasteiger partial charge on any atom is -0.481 e. The molecule has 0 aliphatic heterocycles. The third kappa shape index (κ3) is 3.75. The van der Waals surface area contributed by atoms with Crippen molar-refractivity contribution in [3.63, 3.8) is 0 Å². The van der Waals surface area contributed by atoms with E-state index in [9.17, 15) is 13.2 Å². The van der Waals surface area contributed by atoms with Crippen molar-refractivity contribution < 1.29 is 18.3 Å². The van der Waals surface area contributed by atoms with Crippen LogP contribution >= 0.6 is 0 Å². The van der Waals surface area contributed by atoms with Gasteiger partial charge in [0.1, 0.15) is 11.1 Å². The lowest BCUT2D eigenvalue weighted by molar-refractivity contribution is -0.136. The fraction of sp³-hybridized carbons (Fsp3) is 0.615. The van der Waals surface area contributed by atoms with Crippen LogP contribution in [0.3, 0.4) is 0 Å². The summed E-state index contributed by atoms with van der Waals surface area (Å²) in [6.45, 7) is 5.27. The Hall–Kier alpha value is -1.50. The van der Waals surface area contributed by atoms with Crippen LogP contribution in [0.25, 0.3) is 0 Å². The highest BCUT2D eigenvalue weighted by Crippen LogP contribution is 2.22. The lowest BCUT2D eigenvalue weighted by Crippen LogP contribution is -2.17. The average Bonchev–Trinajstić information content (AvgIpc) is 2.36. The van der Waals surface area contributed by atoms with E-state index in [1.165, 1.54) is 0 Å². The summed E-state index contributed by atoms with van der Waals surface area (Å²) in [4.78, 5) is 19.5. The fourth-order valence-corrected chi connectivity index (χ4v) is 2.40. The van der Waals surface area contributed by atoms with E-state index in [4.69, 9.17) is 5.11 Å². The highest BCUT2D eigenvalue weighted by molar-refractivity contribution is 7.90. The van der Waals surface area contributed by atoms with Gasteiger partial charge >= 0.3 is 5.97 Å². The number of carbonyl (C=O) groups is 1. The monoisotopic (exact) mass is 300 g/mol. The fourth-order valence-electron chi connectivity index (χ4n) is 1.92. The third-order valence-electron chi connectivity index (χ3n) is 3.20. The van der Waals surface area contributed by atoms with E-state index in [1.54, 1.807) is 6.92 Å². The van der Waals surface area contributed by atoms with Crippen LogP contribution in [0.15, 0.2) is 0 Å². The van der Waals surface area contributed by atoms with E-state index >= 15 is 0 Å². The first kappa shape index (κ1) is 16.6. The highest BCUT2D eigenvalue weighted by Gasteiger charge is 2.23. The molecule has 0 fully saturated rings. The topological polar surface area (TPSA) is 97.2 Å². The molecular formula is C13H20N2O4S. The second kappa shape index (κ2) is 6.30. The molecule has 0 saturated carbocycles. The summed E-state index contributed by atoms with van der Waals surface area (Å²) in [5, 5.41) is 8.17. The summed E-state index contributed by atoms with van der Waals surface area (Å²) in [7, 11) is -3.28. The predicted octanol–water partition coefficient (Wildman–Crippen LogP) is 1.33. The Balaban J connectivity index is 3.43. The number of nitrogens with zero attached hydrogens (tertiary/aromatic N) is 2. The number of carboxylic acid groups (broad SMARTS) is 1. The van der Waals surface area contributed by atoms with E-state index in [0.717, 1.165) is 6.26 Å². The summed E-state index contributed by atoms with van der Waals surface area (Å²) in [6.07, 6.45) is 2.09. The second-order valence-electron chi connectivity index (χ2n) is 4.70. The van der Waals surface area contributed by atoms with Crippen molar-refractivity contribution in [2.75, 3.05) is 6.26 Å². The predicted molar refractivity (Wildman–Crippen MR) is 75.4 cm³/mol. The van der Waals surface area contributed by atoms with Gasteiger partial charge in [0, 0.05) is 23.2 Å². The molecule has 1 N–H and O–H groups in total. The maximum absolute atomic E-state index is 11.6. The quantitative estimate of drug-likeness (QED) is 0.851. The number of rotatable bonds is 6. The van der Waals surface area contributed by atoms with Crippen LogP contribution in [0.1, 0.15) is 48.8 Å². The Kier molecular flexibility index (Phi) is 5.21. The van der Waals surface area contributed by atoms with Crippen LogP contribution in [0.2, 0.25) is 0 Å². The van der Waals surface area contributed by atoms with Gasteiger partial charge in [-0.2, -0.15) is 0 Å². The maximum Gasteiger partial charge on any atom is 0.307 e. The van der Waals surface area contributed by atoms with E-state index in [2.05, 4.69) is 9.97 Å². The number of sulfone groups is 1. The van der Waals surface area contributed by atoms with Gasteiger partial charge in [-0.1, -0.05) is 13.8 Å². The molecule has 6 nitrogen and oxygen atoms in total. The zero-order chi connectivity index (χ0) is 15.5. The van der Waals surface area contributed by atoms with E-state index < -0.39 is 21.1 Å². The van der Waals surface area contributed by atoms with Gasteiger partial charge in [-0.05, 0) is 19.8 Å². The van der Waals surface area contributed by atoms with Gasteiger partial charge < -0.3 is 5.11 Å². The smallest absolute Gasteiger partial charge is 0.307 e. The van der Waals surface area contributed by atoms with Crippen LogP contribution in [0.4, 0.5) is 0 Å². The minimum atomic E-state index is -3.28. The van der Waals surface area contributed by atoms with E-state index in [1.807, 2.05) is 13.8 Å². The van der Waals surface area contributed by atoms with Gasteiger partial charge in [-0.3, -0.25) is 4.79 Å². The Morgan fingerprint density at radius 3 is 1.95 bits per heavy atom. The molecule has 0 aliphatic rings. The molecule has 0 aromatic carbocycles. The van der Waals surface area contributed by atoms with Crippen LogP contribution in [-0.2, 0) is 33.9 Å². The minimum absolute atomic E-state index is 0.139. The number of aryl methyl sites for hydroxylation is 2. The number of hydrogen-bond donors (Lipinski definition) is 1. The van der Waals surface area contributed by atoms with Crippen LogP contribution in [-0.4, -0.2) is 35.7 Å². The van der Waals surface area contributed by atoms with Crippen LogP contribution in [0, 0.1) is 0 Å². The van der Waals surface area contributed by atoms with Gasteiger partial charge in [-0.15, -0.1) is 0 Å². The molecule has 20 heavy (non-hydrogen) atoms. The SMILES string of the molecule is CCc1nc(C(C)S(C)(=O)=O)nc(CC)c1CC(=O)O. The molecule has 0 aliphatic carbocycles. The van der Waals surface area contributed by atoms with Crippen molar-refractivity contribution in [2.45, 2.75) is 45.3 Å². The van der Waals surface area contributed by atoms with Crippen molar-refractivity contribution >= 4 is 15.8 Å². The largest absolute Gasteiger partial charge is 0.481 e. The van der Waals surface area contributed by atoms with Crippen LogP contribution < -0.4 is 0 Å². The summed E-state index contributed by atoms with van der Waals surface area (Å²) >= 11 is 0. The van der Waals surface area contributed by atoms with Crippen molar-refractivity contribution in [2.24, 2.45) is 0 Å². The zero-order valence-corrected chi connectivity index (χ0v) is 13.0. The molecule has 0 radical (unpaired) electrons. The Morgan fingerprint density at radius 2 is 1.65 bits per heavy atom. The maximum atomic E-state index is 11.6. The lowest BCUT2D eigenvalue weighted by atomic mass is 10.0. The molecule has 0 bridgehead atoms. The molecule has 1 atom stereocenters. The van der Waals surface area contributed by atoms with Crippen molar-refractivity contribution in [1.82, 2.24) is 9.97 Å². The molecule has 1 heterocycles. The normalized spacial score (nSPS) is 13.2. The number of aromatic nitrogens is 2. The molecular weight excluding hydrogens is 280 g/mol. The van der Waals surface area contributed by atoms with Gasteiger partial charge in [0.2, 0.25) is 0 Å². The number of hydrogen-bond acceptors (Lipinski definition) is 5. The average molecular weight is 300 g/mol. The second-order valence-corrected chi connectivity index (χ2v) is 7.07. The lowest BCUT2D eigenvalue weighted by Gasteiger charge is -2.15. The number of carboxylic acids is 1. The van der Waals surface area contributed by atoms with Crippen LogP contribution in [0.5, 0.6) is 0 Å². The summed E-state index contributed by atoms with van der Waals surface area (Å²) in [6, 6.07) is 0. The molecule has 1 aromatic rings. The van der Waals surface area contributed by atoms with Gasteiger partial charge in [0.15, 0.2) is 9.84 Å². The summed E-state index contributed by atoms with van der Waals surface area (Å²) in [5.74, 6) is -0.697. The van der Waals surface area contributed by atoms with Gasteiger partial charge in [0.25, 0.3) is 0 Å². The van der Waals surface area contributed by atoms with E-state index in [-0.39, 0.29) is 12.2 Å². The Bertz CT molecular complexity index is 586. The molecule has 0 spiro atoms. The van der Waals surface area contributed by atoms with Crippen molar-refractivity contribution in [3.8, 4) is 0 Å². The van der Waals surface area contributed by atoms with E-state index in [0.29, 0.717) is 29.8 Å². The van der Waals surface area contributed by atoms with Crippen molar-refractivity contribution in [1.29, 1.82) is 0 Å². The Morgan fingerprint density at radius 1 is 1.20 bits per heavy atom. The summed E-state index contributed by atoms with van der Waals surface area (Å²) in [5.41, 5.74) is 1.83. The summed E-state index contributed by atoms with van der Waals surface area (Å²) < 4.78 is 23.2. The van der Waals surface area contributed by atoms with Crippen molar-refractivity contribution in [3.05, 3.63) is 22.8 Å². The third-order valence-corrected chi connectivity index (χ3v) is 4.69. The molecule has 1 unspecified atom stereocenters. The molecule has 1 aromatic heterocycles. The number of aliphatic carboxylic acids is 1. The molecule has 0 amide bonds. The first-order chi connectivity index (χ1) is 9.20.